The van der Waals surface area contributed by atoms with E-state index in [1.54, 1.807) is 12.0 Å². The van der Waals surface area contributed by atoms with E-state index in [4.69, 9.17) is 9.15 Å². The van der Waals surface area contributed by atoms with Gasteiger partial charge in [-0.2, -0.15) is 0 Å². The minimum atomic E-state index is 0.00102. The Hall–Kier alpha value is -2.80. The van der Waals surface area contributed by atoms with Crippen LogP contribution in [0.4, 0.5) is 5.69 Å². The molecule has 0 N–H and O–H groups in total. The number of amides is 1. The Morgan fingerprint density at radius 2 is 1.82 bits per heavy atom. The van der Waals surface area contributed by atoms with E-state index >= 15 is 0 Å². The van der Waals surface area contributed by atoms with E-state index < -0.39 is 0 Å². The van der Waals surface area contributed by atoms with Gasteiger partial charge in [-0.1, -0.05) is 42.1 Å². The molecule has 0 aliphatic carbocycles. The zero-order chi connectivity index (χ0) is 19.9. The predicted molar refractivity (Wildman–Crippen MR) is 110 cm³/mol. The molecule has 0 atom stereocenters. The second-order valence-corrected chi connectivity index (χ2v) is 7.39. The number of nitrogens with zero attached hydrogens (tertiary/aromatic N) is 3. The Balaban J connectivity index is 1.59. The van der Waals surface area contributed by atoms with Crippen LogP contribution >= 0.6 is 11.8 Å². The summed E-state index contributed by atoms with van der Waals surface area (Å²) in [7, 11) is 1.63. The number of carbonyl (C=O) groups is 1. The van der Waals surface area contributed by atoms with Gasteiger partial charge in [-0.3, -0.25) is 4.79 Å². The number of carbonyl (C=O) groups excluding carboxylic acids is 1. The Labute approximate surface area is 168 Å². The Bertz CT molecular complexity index is 895. The molecule has 2 aromatic carbocycles. The Morgan fingerprint density at radius 3 is 2.46 bits per heavy atom. The number of para-hydroxylation sites is 1. The average Bonchev–Trinajstić information content (AvgIpc) is 3.15. The molecule has 3 rings (SSSR count). The van der Waals surface area contributed by atoms with Crippen LogP contribution in [0.25, 0.3) is 0 Å². The molecule has 1 heterocycles. The first-order chi connectivity index (χ1) is 13.6. The molecule has 0 aliphatic heterocycles. The number of rotatable bonds is 8. The van der Waals surface area contributed by atoms with Gasteiger partial charge in [-0.25, -0.2) is 0 Å². The number of anilines is 1. The van der Waals surface area contributed by atoms with Crippen molar-refractivity contribution in [1.82, 2.24) is 10.2 Å². The SMILES string of the molecule is COc1ccc(Cc2nnc(SCC(=O)N(c3ccccc3)C(C)C)o2)cc1. The largest absolute Gasteiger partial charge is 0.497 e. The van der Waals surface area contributed by atoms with Gasteiger partial charge < -0.3 is 14.1 Å². The van der Waals surface area contributed by atoms with Gasteiger partial charge in [0.1, 0.15) is 5.75 Å². The van der Waals surface area contributed by atoms with Crippen molar-refractivity contribution < 1.29 is 13.9 Å². The number of methoxy groups -OCH3 is 1. The van der Waals surface area contributed by atoms with E-state index in [0.29, 0.717) is 17.5 Å². The van der Waals surface area contributed by atoms with Gasteiger partial charge in [0.2, 0.25) is 11.8 Å². The van der Waals surface area contributed by atoms with Crippen LogP contribution < -0.4 is 9.64 Å². The van der Waals surface area contributed by atoms with Crippen LogP contribution in [0.1, 0.15) is 25.3 Å². The quantitative estimate of drug-likeness (QED) is 0.531. The van der Waals surface area contributed by atoms with Crippen molar-refractivity contribution in [3.05, 3.63) is 66.1 Å². The lowest BCUT2D eigenvalue weighted by atomic mass is 10.1. The maximum Gasteiger partial charge on any atom is 0.277 e. The number of benzene rings is 2. The molecule has 0 bridgehead atoms. The molecule has 28 heavy (non-hydrogen) atoms. The summed E-state index contributed by atoms with van der Waals surface area (Å²) >= 11 is 1.25. The summed E-state index contributed by atoms with van der Waals surface area (Å²) in [4.78, 5) is 14.5. The van der Waals surface area contributed by atoms with Crippen molar-refractivity contribution in [3.63, 3.8) is 0 Å². The molecule has 0 saturated carbocycles. The zero-order valence-electron chi connectivity index (χ0n) is 16.2. The normalized spacial score (nSPS) is 10.9. The number of hydrogen-bond donors (Lipinski definition) is 0. The molecular weight excluding hydrogens is 374 g/mol. The number of thioether (sulfide) groups is 1. The molecule has 0 saturated heterocycles. The van der Waals surface area contributed by atoms with Gasteiger partial charge in [0.25, 0.3) is 5.22 Å². The van der Waals surface area contributed by atoms with Gasteiger partial charge in [0.15, 0.2) is 0 Å². The Kier molecular flexibility index (Phi) is 6.71. The molecule has 0 radical (unpaired) electrons. The number of hydrogen-bond acceptors (Lipinski definition) is 6. The van der Waals surface area contributed by atoms with Crippen molar-refractivity contribution in [2.24, 2.45) is 0 Å². The van der Waals surface area contributed by atoms with Gasteiger partial charge >= 0.3 is 0 Å². The fourth-order valence-electron chi connectivity index (χ4n) is 2.80. The average molecular weight is 398 g/mol. The van der Waals surface area contributed by atoms with E-state index in [0.717, 1.165) is 17.0 Å². The van der Waals surface area contributed by atoms with Gasteiger partial charge in [-0.15, -0.1) is 10.2 Å². The van der Waals surface area contributed by atoms with Crippen LogP contribution in [0.15, 0.2) is 64.2 Å². The van der Waals surface area contributed by atoms with Crippen molar-refractivity contribution in [2.75, 3.05) is 17.8 Å². The van der Waals surface area contributed by atoms with E-state index in [-0.39, 0.29) is 17.7 Å². The second kappa shape index (κ2) is 9.41. The third-order valence-corrected chi connectivity index (χ3v) is 4.90. The second-order valence-electron chi connectivity index (χ2n) is 6.47. The third-order valence-electron chi connectivity index (χ3n) is 4.10. The lowest BCUT2D eigenvalue weighted by molar-refractivity contribution is -0.116. The predicted octanol–water partition coefficient (Wildman–Crippen LogP) is 4.20. The summed E-state index contributed by atoms with van der Waals surface area (Å²) in [5.41, 5.74) is 1.93. The molecule has 6 nitrogen and oxygen atoms in total. The molecular formula is C21H23N3O3S. The lowest BCUT2D eigenvalue weighted by Gasteiger charge is -2.26. The molecule has 1 amide bonds. The van der Waals surface area contributed by atoms with Crippen molar-refractivity contribution >= 4 is 23.4 Å². The maximum atomic E-state index is 12.7. The molecule has 146 valence electrons. The van der Waals surface area contributed by atoms with Gasteiger partial charge in [0.05, 0.1) is 19.3 Å². The standard InChI is InChI=1S/C21H23N3O3S/c1-15(2)24(17-7-5-4-6-8-17)20(25)14-28-21-23-22-19(27-21)13-16-9-11-18(26-3)12-10-16/h4-12,15H,13-14H2,1-3H3. The number of ether oxygens (including phenoxy) is 1. The highest BCUT2D eigenvalue weighted by Gasteiger charge is 2.20. The van der Waals surface area contributed by atoms with Gasteiger partial charge in [-0.05, 0) is 43.7 Å². The summed E-state index contributed by atoms with van der Waals surface area (Å²) in [6, 6.07) is 17.4. The van der Waals surface area contributed by atoms with E-state index in [2.05, 4.69) is 10.2 Å². The van der Waals surface area contributed by atoms with Crippen molar-refractivity contribution in [1.29, 1.82) is 0 Å². The highest BCUT2D eigenvalue weighted by Crippen LogP contribution is 2.22. The molecule has 0 unspecified atom stereocenters. The topological polar surface area (TPSA) is 68.5 Å². The van der Waals surface area contributed by atoms with Crippen LogP contribution in [0.5, 0.6) is 5.75 Å². The molecule has 0 spiro atoms. The first-order valence-electron chi connectivity index (χ1n) is 9.02. The lowest BCUT2D eigenvalue weighted by Crippen LogP contribution is -2.38. The fourth-order valence-corrected chi connectivity index (χ4v) is 3.44. The number of aromatic nitrogens is 2. The minimum Gasteiger partial charge on any atom is -0.497 e. The highest BCUT2D eigenvalue weighted by atomic mass is 32.2. The molecule has 0 fully saturated rings. The minimum absolute atomic E-state index is 0.00102. The van der Waals surface area contributed by atoms with Crippen LogP contribution in [0.2, 0.25) is 0 Å². The van der Waals surface area contributed by atoms with Crippen LogP contribution in [0.3, 0.4) is 0 Å². The van der Waals surface area contributed by atoms with E-state index in [1.165, 1.54) is 11.8 Å². The molecule has 1 aromatic heterocycles. The van der Waals surface area contributed by atoms with Crippen LogP contribution in [-0.4, -0.2) is 35.0 Å². The molecule has 7 heteroatoms. The summed E-state index contributed by atoms with van der Waals surface area (Å²) in [6.45, 7) is 3.99. The van der Waals surface area contributed by atoms with Gasteiger partial charge in [0, 0.05) is 11.7 Å². The summed E-state index contributed by atoms with van der Waals surface area (Å²) in [5, 5.41) is 8.52. The maximum absolute atomic E-state index is 12.7. The fraction of sp³-hybridized carbons (Fsp3) is 0.286. The monoisotopic (exact) mass is 397 g/mol. The highest BCUT2D eigenvalue weighted by molar-refractivity contribution is 7.99. The van der Waals surface area contributed by atoms with E-state index in [1.807, 2.05) is 68.4 Å². The molecule has 3 aromatic rings. The van der Waals surface area contributed by atoms with E-state index in [9.17, 15) is 4.79 Å². The third kappa shape index (κ3) is 5.13. The molecule has 0 aliphatic rings. The smallest absolute Gasteiger partial charge is 0.277 e. The Morgan fingerprint density at radius 1 is 1.11 bits per heavy atom. The van der Waals surface area contributed by atoms with Crippen molar-refractivity contribution in [2.45, 2.75) is 31.5 Å². The van der Waals surface area contributed by atoms with Crippen LogP contribution in [0, 0.1) is 0 Å². The first-order valence-corrected chi connectivity index (χ1v) is 10.0. The summed E-state index contributed by atoms with van der Waals surface area (Å²) in [5.74, 6) is 1.55. The summed E-state index contributed by atoms with van der Waals surface area (Å²) < 4.78 is 10.8. The van der Waals surface area contributed by atoms with Crippen LogP contribution in [-0.2, 0) is 11.2 Å². The summed E-state index contributed by atoms with van der Waals surface area (Å²) in [6.07, 6.45) is 0.535. The first kappa shape index (κ1) is 19.9. The zero-order valence-corrected chi connectivity index (χ0v) is 17.0. The van der Waals surface area contributed by atoms with Crippen molar-refractivity contribution in [3.8, 4) is 5.75 Å².